The highest BCUT2D eigenvalue weighted by molar-refractivity contribution is 8.23. The van der Waals surface area contributed by atoms with Crippen molar-refractivity contribution in [3.63, 3.8) is 0 Å². The van der Waals surface area contributed by atoms with Gasteiger partial charge in [-0.25, -0.2) is 0 Å². The summed E-state index contributed by atoms with van der Waals surface area (Å²) in [6, 6.07) is 7.36. The molecule has 0 spiro atoms. The number of aliphatic hydroxyl groups is 1. The van der Waals surface area contributed by atoms with Gasteiger partial charge in [-0.2, -0.15) is 0 Å². The SMILES string of the molecule is CC1(C)CC(=O)C(C(=S)SCCO)=C(Nc2ccc(Cl)cc2)C1. The first-order chi connectivity index (χ1) is 10.8. The Kier molecular flexibility index (Phi) is 6.26. The number of aliphatic hydroxyl groups excluding tert-OH is 1. The van der Waals surface area contributed by atoms with Crippen LogP contribution in [-0.2, 0) is 4.79 Å². The summed E-state index contributed by atoms with van der Waals surface area (Å²) in [5, 5.41) is 13.0. The van der Waals surface area contributed by atoms with E-state index in [1.165, 1.54) is 11.8 Å². The molecule has 0 atom stereocenters. The predicted molar refractivity (Wildman–Crippen MR) is 102 cm³/mol. The van der Waals surface area contributed by atoms with Crippen molar-refractivity contribution in [2.75, 3.05) is 17.7 Å². The minimum Gasteiger partial charge on any atom is -0.396 e. The molecule has 1 aliphatic carbocycles. The van der Waals surface area contributed by atoms with E-state index in [2.05, 4.69) is 19.2 Å². The molecule has 0 radical (unpaired) electrons. The van der Waals surface area contributed by atoms with Gasteiger partial charge in [0.1, 0.15) is 0 Å². The topological polar surface area (TPSA) is 49.3 Å². The number of allylic oxidation sites excluding steroid dienone is 1. The molecular formula is C17H20ClNO2S2. The largest absolute Gasteiger partial charge is 0.396 e. The first-order valence-electron chi connectivity index (χ1n) is 7.39. The Morgan fingerprint density at radius 2 is 2.00 bits per heavy atom. The van der Waals surface area contributed by atoms with E-state index in [-0.39, 0.29) is 17.8 Å². The number of thioether (sulfide) groups is 1. The average molecular weight is 370 g/mol. The monoisotopic (exact) mass is 369 g/mol. The van der Waals surface area contributed by atoms with E-state index in [9.17, 15) is 4.79 Å². The number of anilines is 1. The van der Waals surface area contributed by atoms with E-state index in [4.69, 9.17) is 28.9 Å². The van der Waals surface area contributed by atoms with Crippen molar-refractivity contribution in [3.8, 4) is 0 Å². The second kappa shape index (κ2) is 7.79. The number of halogens is 1. The van der Waals surface area contributed by atoms with Crippen LogP contribution in [0.25, 0.3) is 0 Å². The van der Waals surface area contributed by atoms with Gasteiger partial charge in [0, 0.05) is 28.6 Å². The zero-order chi connectivity index (χ0) is 17.0. The molecule has 1 aliphatic rings. The van der Waals surface area contributed by atoms with Gasteiger partial charge in [-0.1, -0.05) is 37.7 Å². The molecule has 2 rings (SSSR count). The van der Waals surface area contributed by atoms with Crippen LogP contribution in [0.3, 0.4) is 0 Å². The average Bonchev–Trinajstić information content (AvgIpc) is 2.45. The lowest BCUT2D eigenvalue weighted by Crippen LogP contribution is -2.30. The molecule has 0 bridgehead atoms. The van der Waals surface area contributed by atoms with Gasteiger partial charge in [-0.05, 0) is 36.1 Å². The fourth-order valence-corrected chi connectivity index (χ4v) is 3.85. The Morgan fingerprint density at radius 1 is 1.35 bits per heavy atom. The number of carbonyl (C=O) groups is 1. The maximum atomic E-state index is 12.6. The molecule has 2 N–H and O–H groups in total. The highest BCUT2D eigenvalue weighted by Crippen LogP contribution is 2.39. The van der Waals surface area contributed by atoms with Crippen molar-refractivity contribution >= 4 is 51.2 Å². The lowest BCUT2D eigenvalue weighted by Gasteiger charge is -2.32. The number of thiocarbonyl (C=S) groups is 1. The third-order valence-corrected chi connectivity index (χ3v) is 5.21. The third kappa shape index (κ3) is 5.05. The van der Waals surface area contributed by atoms with E-state index >= 15 is 0 Å². The zero-order valence-corrected chi connectivity index (χ0v) is 15.6. The molecule has 0 fully saturated rings. The standard InChI is InChI=1S/C17H20ClNO2S2/c1-17(2)9-13(19-12-5-3-11(18)4-6-12)15(14(21)10-17)16(22)23-8-7-20/h3-6,19-20H,7-10H2,1-2H3. The normalized spacial score (nSPS) is 17.3. The summed E-state index contributed by atoms with van der Waals surface area (Å²) in [5.41, 5.74) is 2.21. The maximum absolute atomic E-state index is 12.6. The molecule has 0 amide bonds. The van der Waals surface area contributed by atoms with E-state index in [1.54, 1.807) is 12.1 Å². The van der Waals surface area contributed by atoms with Gasteiger partial charge in [0.05, 0.1) is 16.4 Å². The highest BCUT2D eigenvalue weighted by Gasteiger charge is 2.34. The van der Waals surface area contributed by atoms with Crippen LogP contribution in [0.4, 0.5) is 5.69 Å². The van der Waals surface area contributed by atoms with Crippen LogP contribution in [0.15, 0.2) is 35.5 Å². The van der Waals surface area contributed by atoms with Crippen LogP contribution in [0, 0.1) is 5.41 Å². The minimum absolute atomic E-state index is 0.0394. The molecule has 6 heteroatoms. The second-order valence-corrected chi connectivity index (χ2v) is 8.49. The highest BCUT2D eigenvalue weighted by atomic mass is 35.5. The van der Waals surface area contributed by atoms with E-state index in [1.807, 2.05) is 12.1 Å². The smallest absolute Gasteiger partial charge is 0.167 e. The fraction of sp³-hybridized carbons (Fsp3) is 0.412. The molecule has 1 aromatic rings. The number of nitrogens with one attached hydrogen (secondary N) is 1. The molecular weight excluding hydrogens is 350 g/mol. The number of hydrogen-bond donors (Lipinski definition) is 2. The van der Waals surface area contributed by atoms with Crippen LogP contribution in [0.1, 0.15) is 26.7 Å². The second-order valence-electron chi connectivity index (χ2n) is 6.29. The number of benzene rings is 1. The molecule has 0 saturated carbocycles. The lowest BCUT2D eigenvalue weighted by atomic mass is 9.76. The number of rotatable bonds is 5. The van der Waals surface area contributed by atoms with Crippen molar-refractivity contribution in [3.05, 3.63) is 40.6 Å². The van der Waals surface area contributed by atoms with Gasteiger partial charge in [-0.3, -0.25) is 4.79 Å². The number of hydrogen-bond acceptors (Lipinski definition) is 5. The first-order valence-corrected chi connectivity index (χ1v) is 9.16. The molecule has 0 aromatic heterocycles. The minimum atomic E-state index is -0.105. The van der Waals surface area contributed by atoms with Crippen LogP contribution < -0.4 is 5.32 Å². The summed E-state index contributed by atoms with van der Waals surface area (Å²) in [6.07, 6.45) is 1.23. The van der Waals surface area contributed by atoms with Crippen LogP contribution in [0.5, 0.6) is 0 Å². The fourth-order valence-electron chi connectivity index (χ4n) is 2.58. The van der Waals surface area contributed by atoms with Crippen LogP contribution in [0.2, 0.25) is 5.02 Å². The summed E-state index contributed by atoms with van der Waals surface area (Å²) in [6.45, 7) is 4.20. The Labute approximate surface area is 151 Å². The first kappa shape index (κ1) is 18.5. The lowest BCUT2D eigenvalue weighted by molar-refractivity contribution is -0.117. The number of carbonyl (C=O) groups excluding carboxylic acids is 1. The van der Waals surface area contributed by atoms with Crippen molar-refractivity contribution in [1.82, 2.24) is 0 Å². The third-order valence-electron chi connectivity index (χ3n) is 3.54. The van der Waals surface area contributed by atoms with Crippen molar-refractivity contribution < 1.29 is 9.90 Å². The van der Waals surface area contributed by atoms with Gasteiger partial charge >= 0.3 is 0 Å². The Morgan fingerprint density at radius 3 is 2.61 bits per heavy atom. The van der Waals surface area contributed by atoms with Crippen LogP contribution >= 0.6 is 35.6 Å². The summed E-state index contributed by atoms with van der Waals surface area (Å²) < 4.78 is 0.552. The molecule has 3 nitrogen and oxygen atoms in total. The number of Topliss-reactive ketones (excluding diaryl/α,β-unsaturated/α-hetero) is 1. The molecule has 0 heterocycles. The Balaban J connectivity index is 2.34. The van der Waals surface area contributed by atoms with Gasteiger partial charge < -0.3 is 10.4 Å². The van der Waals surface area contributed by atoms with Gasteiger partial charge in [0.15, 0.2) is 5.78 Å². The van der Waals surface area contributed by atoms with E-state index in [0.29, 0.717) is 27.0 Å². The quantitative estimate of drug-likeness (QED) is 0.751. The van der Waals surface area contributed by atoms with E-state index in [0.717, 1.165) is 17.8 Å². The van der Waals surface area contributed by atoms with E-state index < -0.39 is 0 Å². The van der Waals surface area contributed by atoms with Gasteiger partial charge in [0.25, 0.3) is 0 Å². The zero-order valence-electron chi connectivity index (χ0n) is 13.2. The molecule has 0 saturated heterocycles. The summed E-state index contributed by atoms with van der Waals surface area (Å²) in [7, 11) is 0. The van der Waals surface area contributed by atoms with Gasteiger partial charge in [-0.15, -0.1) is 11.8 Å². The summed E-state index contributed by atoms with van der Waals surface area (Å²) >= 11 is 12.7. The molecule has 0 aliphatic heterocycles. The molecule has 23 heavy (non-hydrogen) atoms. The predicted octanol–water partition coefficient (Wildman–Crippen LogP) is 4.45. The molecule has 0 unspecified atom stereocenters. The summed E-state index contributed by atoms with van der Waals surface area (Å²) in [5.74, 6) is 0.556. The van der Waals surface area contributed by atoms with Crippen molar-refractivity contribution in [2.24, 2.45) is 5.41 Å². The summed E-state index contributed by atoms with van der Waals surface area (Å²) in [4.78, 5) is 12.6. The Bertz CT molecular complexity index is 638. The maximum Gasteiger partial charge on any atom is 0.167 e. The van der Waals surface area contributed by atoms with Crippen LogP contribution in [-0.4, -0.2) is 27.4 Å². The molecule has 124 valence electrons. The Hall–Kier alpha value is -0.880. The van der Waals surface area contributed by atoms with Crippen molar-refractivity contribution in [2.45, 2.75) is 26.7 Å². The molecule has 1 aromatic carbocycles. The number of ketones is 1. The van der Waals surface area contributed by atoms with Gasteiger partial charge in [0.2, 0.25) is 0 Å². The van der Waals surface area contributed by atoms with Crippen molar-refractivity contribution in [1.29, 1.82) is 0 Å².